The van der Waals surface area contributed by atoms with Gasteiger partial charge in [-0.05, 0) is 17.9 Å². The summed E-state index contributed by atoms with van der Waals surface area (Å²) in [5, 5.41) is 0. The number of carbonyl (C=O) groups is 1. The van der Waals surface area contributed by atoms with E-state index in [0.29, 0.717) is 5.75 Å². The van der Waals surface area contributed by atoms with Crippen LogP contribution in [0.4, 0.5) is 0 Å². The highest BCUT2D eigenvalue weighted by Crippen LogP contribution is 2.13. The summed E-state index contributed by atoms with van der Waals surface area (Å²) in [6.07, 6.45) is 2.15. The number of esters is 1. The van der Waals surface area contributed by atoms with E-state index in [1.165, 1.54) is 7.11 Å². The van der Waals surface area contributed by atoms with Crippen molar-refractivity contribution in [1.29, 1.82) is 0 Å². The van der Waals surface area contributed by atoms with Crippen LogP contribution in [0.25, 0.3) is 0 Å². The van der Waals surface area contributed by atoms with Crippen LogP contribution in [0.15, 0.2) is 12.8 Å². The summed E-state index contributed by atoms with van der Waals surface area (Å²) in [4.78, 5) is 11.3. The Hall–Kier alpha value is -0.180. The van der Waals surface area contributed by atoms with Crippen molar-refractivity contribution in [3.05, 3.63) is 12.8 Å². The monoisotopic (exact) mass is 370 g/mol. The second kappa shape index (κ2) is 13.3. The zero-order chi connectivity index (χ0) is 16.8. The lowest BCUT2D eigenvalue weighted by Crippen LogP contribution is -2.16. The standard InChI is InChI=1S/C14H26O5S3/c1-4-19-14(15)13(2)12-21-8-5-7-20-9-11-22(16,17)10-6-18-3/h4,13H,1,5-12H2,2-3H3. The number of sulfone groups is 1. The molecule has 0 N–H and O–H groups in total. The molecule has 0 aliphatic carbocycles. The van der Waals surface area contributed by atoms with Crippen molar-refractivity contribution >= 4 is 39.3 Å². The second-order valence-electron chi connectivity index (χ2n) is 4.69. The Balaban J connectivity index is 3.51. The van der Waals surface area contributed by atoms with Crippen LogP contribution in [-0.2, 0) is 24.1 Å². The third-order valence-electron chi connectivity index (χ3n) is 2.68. The SMILES string of the molecule is C=COC(=O)C(C)CSCCCSCCS(=O)(=O)CCOC. The fourth-order valence-corrected chi connectivity index (χ4v) is 5.24. The number of carbonyl (C=O) groups excluding carboxylic acids is 1. The van der Waals surface area contributed by atoms with Crippen LogP contribution in [0, 0.1) is 5.92 Å². The molecular weight excluding hydrogens is 344 g/mol. The molecule has 0 rings (SSSR count). The fraction of sp³-hybridized carbons (Fsp3) is 0.786. The molecule has 0 aliphatic rings. The van der Waals surface area contributed by atoms with Crippen molar-refractivity contribution in [2.45, 2.75) is 13.3 Å². The summed E-state index contributed by atoms with van der Waals surface area (Å²) in [5.41, 5.74) is 0. The van der Waals surface area contributed by atoms with Gasteiger partial charge in [0.05, 0.1) is 30.3 Å². The largest absolute Gasteiger partial charge is 0.435 e. The first-order valence-electron chi connectivity index (χ1n) is 7.09. The van der Waals surface area contributed by atoms with Gasteiger partial charge in [-0.15, -0.1) is 0 Å². The predicted octanol–water partition coefficient (Wildman–Crippen LogP) is 2.23. The number of methoxy groups -OCH3 is 1. The molecule has 0 aromatic heterocycles. The van der Waals surface area contributed by atoms with Crippen molar-refractivity contribution in [2.75, 3.05) is 48.2 Å². The van der Waals surface area contributed by atoms with E-state index in [9.17, 15) is 13.2 Å². The average Bonchev–Trinajstić information content (AvgIpc) is 2.47. The van der Waals surface area contributed by atoms with E-state index in [1.54, 1.807) is 23.5 Å². The molecule has 0 aromatic carbocycles. The zero-order valence-corrected chi connectivity index (χ0v) is 15.7. The van der Waals surface area contributed by atoms with Gasteiger partial charge in [0.2, 0.25) is 0 Å². The highest BCUT2D eigenvalue weighted by atomic mass is 32.2. The zero-order valence-electron chi connectivity index (χ0n) is 13.3. The maximum atomic E-state index is 11.6. The molecular formula is C14H26O5S3. The Kier molecular flexibility index (Phi) is 13.2. The van der Waals surface area contributed by atoms with Crippen LogP contribution in [0.3, 0.4) is 0 Å². The molecule has 0 radical (unpaired) electrons. The second-order valence-corrected chi connectivity index (χ2v) is 9.37. The van der Waals surface area contributed by atoms with Crippen molar-refractivity contribution in [2.24, 2.45) is 5.92 Å². The minimum absolute atomic E-state index is 0.0958. The molecule has 0 amide bonds. The van der Waals surface area contributed by atoms with Gasteiger partial charge in [0.1, 0.15) is 0 Å². The van der Waals surface area contributed by atoms with Gasteiger partial charge in [-0.3, -0.25) is 4.79 Å². The average molecular weight is 371 g/mol. The van der Waals surface area contributed by atoms with E-state index in [2.05, 4.69) is 6.58 Å². The summed E-state index contributed by atoms with van der Waals surface area (Å²) < 4.78 is 32.6. The van der Waals surface area contributed by atoms with E-state index in [1.807, 2.05) is 6.92 Å². The number of hydrogen-bond donors (Lipinski definition) is 0. The number of thioether (sulfide) groups is 2. The van der Waals surface area contributed by atoms with Crippen molar-refractivity contribution in [1.82, 2.24) is 0 Å². The van der Waals surface area contributed by atoms with E-state index >= 15 is 0 Å². The molecule has 1 unspecified atom stereocenters. The highest BCUT2D eigenvalue weighted by Gasteiger charge is 2.13. The molecule has 0 bridgehead atoms. The van der Waals surface area contributed by atoms with Crippen LogP contribution < -0.4 is 0 Å². The van der Waals surface area contributed by atoms with Gasteiger partial charge in [-0.2, -0.15) is 23.5 Å². The molecule has 0 saturated heterocycles. The first-order valence-corrected chi connectivity index (χ1v) is 11.2. The van der Waals surface area contributed by atoms with Gasteiger partial charge in [0.15, 0.2) is 9.84 Å². The topological polar surface area (TPSA) is 69.7 Å². The molecule has 8 heteroatoms. The van der Waals surface area contributed by atoms with Gasteiger partial charge in [-0.1, -0.05) is 13.5 Å². The minimum Gasteiger partial charge on any atom is -0.435 e. The maximum Gasteiger partial charge on any atom is 0.314 e. The van der Waals surface area contributed by atoms with Gasteiger partial charge in [0.25, 0.3) is 0 Å². The number of hydrogen-bond acceptors (Lipinski definition) is 7. The van der Waals surface area contributed by atoms with E-state index < -0.39 is 9.84 Å². The smallest absolute Gasteiger partial charge is 0.314 e. The Morgan fingerprint density at radius 3 is 2.55 bits per heavy atom. The van der Waals surface area contributed by atoms with Crippen molar-refractivity contribution < 1.29 is 22.7 Å². The lowest BCUT2D eigenvalue weighted by atomic mass is 10.2. The molecule has 130 valence electrons. The van der Waals surface area contributed by atoms with Gasteiger partial charge >= 0.3 is 5.97 Å². The van der Waals surface area contributed by atoms with Crippen LogP contribution in [0.1, 0.15) is 13.3 Å². The summed E-state index contributed by atoms with van der Waals surface area (Å²) >= 11 is 3.36. The lowest BCUT2D eigenvalue weighted by Gasteiger charge is -2.08. The molecule has 0 aliphatic heterocycles. The molecule has 22 heavy (non-hydrogen) atoms. The van der Waals surface area contributed by atoms with Gasteiger partial charge in [-0.25, -0.2) is 8.42 Å². The van der Waals surface area contributed by atoms with Crippen LogP contribution in [-0.4, -0.2) is 62.6 Å². The molecule has 5 nitrogen and oxygen atoms in total. The normalized spacial score (nSPS) is 12.8. The van der Waals surface area contributed by atoms with E-state index in [4.69, 9.17) is 9.47 Å². The Labute approximate surface area is 142 Å². The van der Waals surface area contributed by atoms with Gasteiger partial charge in [0, 0.05) is 18.6 Å². The summed E-state index contributed by atoms with van der Waals surface area (Å²) in [7, 11) is -1.48. The Morgan fingerprint density at radius 1 is 1.23 bits per heavy atom. The van der Waals surface area contributed by atoms with Crippen LogP contribution >= 0.6 is 23.5 Å². The molecule has 0 spiro atoms. The van der Waals surface area contributed by atoms with E-state index in [-0.39, 0.29) is 30.0 Å². The maximum absolute atomic E-state index is 11.6. The molecule has 1 atom stereocenters. The highest BCUT2D eigenvalue weighted by molar-refractivity contribution is 8.01. The van der Waals surface area contributed by atoms with Crippen molar-refractivity contribution in [3.8, 4) is 0 Å². The Bertz CT molecular complexity index is 409. The summed E-state index contributed by atoms with van der Waals surface area (Å²) in [6.45, 7) is 5.44. The molecule has 0 saturated carbocycles. The van der Waals surface area contributed by atoms with Crippen LogP contribution in [0.5, 0.6) is 0 Å². The first kappa shape index (κ1) is 21.8. The van der Waals surface area contributed by atoms with Crippen molar-refractivity contribution in [3.63, 3.8) is 0 Å². The quantitative estimate of drug-likeness (QED) is 0.264. The molecule has 0 heterocycles. The van der Waals surface area contributed by atoms with Gasteiger partial charge < -0.3 is 9.47 Å². The Morgan fingerprint density at radius 2 is 1.91 bits per heavy atom. The fourth-order valence-electron chi connectivity index (χ4n) is 1.39. The molecule has 0 aromatic rings. The lowest BCUT2D eigenvalue weighted by molar-refractivity contribution is -0.141. The van der Waals surface area contributed by atoms with Crippen LogP contribution in [0.2, 0.25) is 0 Å². The number of rotatable bonds is 14. The van der Waals surface area contributed by atoms with E-state index in [0.717, 1.165) is 29.9 Å². The molecule has 0 fully saturated rings. The third kappa shape index (κ3) is 12.4. The first-order chi connectivity index (χ1) is 10.4. The minimum atomic E-state index is -2.98. The summed E-state index contributed by atoms with van der Waals surface area (Å²) in [5.74, 6) is 3.14. The third-order valence-corrected chi connectivity index (χ3v) is 6.94. The summed E-state index contributed by atoms with van der Waals surface area (Å²) in [6, 6.07) is 0. The number of ether oxygens (including phenoxy) is 2. The predicted molar refractivity (Wildman–Crippen MR) is 95.2 cm³/mol.